The average Bonchev–Trinajstić information content (AvgIpc) is 2.99. The van der Waals surface area contributed by atoms with Crippen molar-refractivity contribution in [2.75, 3.05) is 13.2 Å². The monoisotopic (exact) mass is 408 g/mol. The molecule has 1 heterocycles. The fourth-order valence-corrected chi connectivity index (χ4v) is 3.84. The molecular weight excluding hydrogens is 384 g/mol. The number of carbonyl (C=O) groups excluding carboxylic acids is 1. The summed E-state index contributed by atoms with van der Waals surface area (Å²) in [5, 5.41) is 12.0. The Hall–Kier alpha value is -2.59. The lowest BCUT2D eigenvalue weighted by molar-refractivity contribution is -0.385. The second-order valence-corrected chi connectivity index (χ2v) is 7.26. The molecule has 2 aromatic rings. The summed E-state index contributed by atoms with van der Waals surface area (Å²) in [6, 6.07) is 6.54. The molecule has 1 aromatic heterocycles. The summed E-state index contributed by atoms with van der Waals surface area (Å²) < 4.78 is 12.2. The lowest BCUT2D eigenvalue weighted by Crippen LogP contribution is -2.16. The lowest BCUT2D eigenvalue weighted by Gasteiger charge is -2.11. The second-order valence-electron chi connectivity index (χ2n) is 6.19. The molecule has 10 heteroatoms. The van der Waals surface area contributed by atoms with E-state index in [1.54, 1.807) is 12.1 Å². The summed E-state index contributed by atoms with van der Waals surface area (Å²) in [5.74, 6) is 0.921. The number of nitro benzene ring substituents is 1. The van der Waals surface area contributed by atoms with Crippen molar-refractivity contribution in [3.8, 4) is 0 Å². The largest absolute Gasteiger partial charge is 0.447 e. The van der Waals surface area contributed by atoms with Crippen LogP contribution in [0.5, 0.6) is 0 Å². The second kappa shape index (κ2) is 10.1. The minimum Gasteiger partial charge on any atom is -0.447 e. The summed E-state index contributed by atoms with van der Waals surface area (Å²) in [4.78, 5) is 26.7. The van der Waals surface area contributed by atoms with Gasteiger partial charge in [0, 0.05) is 23.6 Å². The zero-order valence-electron chi connectivity index (χ0n) is 16.1. The number of aromatic nitrogens is 2. The van der Waals surface area contributed by atoms with Crippen molar-refractivity contribution in [1.82, 2.24) is 9.55 Å². The van der Waals surface area contributed by atoms with Crippen LogP contribution in [0.3, 0.4) is 0 Å². The first kappa shape index (κ1) is 21.7. The molecule has 28 heavy (non-hydrogen) atoms. The molecule has 9 nitrogen and oxygen atoms in total. The predicted octanol–water partition coefficient (Wildman–Crippen LogP) is 3.70. The smallest absolute Gasteiger partial charge is 0.404 e. The van der Waals surface area contributed by atoms with Gasteiger partial charge >= 0.3 is 6.09 Å². The van der Waals surface area contributed by atoms with E-state index in [1.165, 1.54) is 17.8 Å². The predicted molar refractivity (Wildman–Crippen MR) is 104 cm³/mol. The fourth-order valence-electron chi connectivity index (χ4n) is 2.56. The van der Waals surface area contributed by atoms with Crippen LogP contribution in [0.4, 0.5) is 10.5 Å². The lowest BCUT2D eigenvalue weighted by atomic mass is 10.1. The molecule has 1 amide bonds. The van der Waals surface area contributed by atoms with E-state index in [0.717, 1.165) is 21.4 Å². The van der Waals surface area contributed by atoms with Crippen LogP contribution >= 0.6 is 11.8 Å². The molecule has 0 spiro atoms. The molecule has 2 N–H and O–H groups in total. The number of benzene rings is 1. The van der Waals surface area contributed by atoms with Crippen LogP contribution in [0.15, 0.2) is 34.2 Å². The number of imidazole rings is 1. The highest BCUT2D eigenvalue weighted by Gasteiger charge is 2.20. The van der Waals surface area contributed by atoms with E-state index < -0.39 is 11.0 Å². The Morgan fingerprint density at radius 1 is 1.39 bits per heavy atom. The Bertz CT molecular complexity index is 837. The van der Waals surface area contributed by atoms with Gasteiger partial charge in [0.1, 0.15) is 24.1 Å². The molecule has 0 aliphatic carbocycles. The first-order valence-corrected chi connectivity index (χ1v) is 9.66. The topological polar surface area (TPSA) is 123 Å². The van der Waals surface area contributed by atoms with Crippen LogP contribution in [-0.4, -0.2) is 33.8 Å². The van der Waals surface area contributed by atoms with Gasteiger partial charge in [0.05, 0.1) is 17.2 Å². The highest BCUT2D eigenvalue weighted by atomic mass is 32.2. The summed E-state index contributed by atoms with van der Waals surface area (Å²) in [6.07, 6.45) is -0.837. The quantitative estimate of drug-likeness (QED) is 0.361. The van der Waals surface area contributed by atoms with Crippen LogP contribution in [0.1, 0.15) is 38.2 Å². The Morgan fingerprint density at radius 2 is 2.14 bits per heavy atom. The standard InChI is InChI=1S/C18H24N4O5S/c1-4-21-15(11-26-8-9-27-18(19)23)20-16(12(2)3)17(21)28-14-7-5-6-13(10-14)22(24)25/h5-7,10,12H,4,8-9,11H2,1-3H3,(H2,19,23). The fraction of sp³-hybridized carbons (Fsp3) is 0.444. The normalized spacial score (nSPS) is 11.0. The third-order valence-corrected chi connectivity index (χ3v) is 4.95. The first-order valence-electron chi connectivity index (χ1n) is 8.85. The number of nitrogens with zero attached hydrogens (tertiary/aromatic N) is 3. The highest BCUT2D eigenvalue weighted by Crippen LogP contribution is 2.36. The van der Waals surface area contributed by atoms with E-state index in [9.17, 15) is 14.9 Å². The Morgan fingerprint density at radius 3 is 2.75 bits per heavy atom. The van der Waals surface area contributed by atoms with Crippen LogP contribution in [0.2, 0.25) is 0 Å². The maximum absolute atomic E-state index is 11.0. The number of primary amides is 1. The van der Waals surface area contributed by atoms with E-state index in [1.807, 2.05) is 31.4 Å². The molecule has 0 aliphatic heterocycles. The van der Waals surface area contributed by atoms with Gasteiger partial charge in [-0.05, 0) is 18.9 Å². The van der Waals surface area contributed by atoms with Gasteiger partial charge in [0.2, 0.25) is 0 Å². The molecule has 1 aromatic carbocycles. The molecular formula is C18H24N4O5S. The van der Waals surface area contributed by atoms with E-state index in [2.05, 4.69) is 4.74 Å². The number of non-ortho nitro benzene ring substituents is 1. The number of amides is 1. The number of carbonyl (C=O) groups is 1. The van der Waals surface area contributed by atoms with Gasteiger partial charge in [0.25, 0.3) is 5.69 Å². The first-order chi connectivity index (χ1) is 13.3. The highest BCUT2D eigenvalue weighted by molar-refractivity contribution is 7.99. The van der Waals surface area contributed by atoms with Gasteiger partial charge in [0.15, 0.2) is 0 Å². The van der Waals surface area contributed by atoms with Crippen molar-refractivity contribution < 1.29 is 19.2 Å². The summed E-state index contributed by atoms with van der Waals surface area (Å²) >= 11 is 1.45. The van der Waals surface area contributed by atoms with Crippen LogP contribution in [0, 0.1) is 10.1 Å². The summed E-state index contributed by atoms with van der Waals surface area (Å²) in [6.45, 7) is 7.32. The van der Waals surface area contributed by atoms with Gasteiger partial charge in [-0.2, -0.15) is 0 Å². The van der Waals surface area contributed by atoms with Gasteiger partial charge < -0.3 is 19.8 Å². The van der Waals surface area contributed by atoms with Crippen molar-refractivity contribution >= 4 is 23.5 Å². The minimum absolute atomic E-state index is 0.0525. The number of rotatable bonds is 10. The third-order valence-electron chi connectivity index (χ3n) is 3.83. The van der Waals surface area contributed by atoms with E-state index in [-0.39, 0.29) is 31.4 Å². The Kier molecular flexibility index (Phi) is 7.82. The van der Waals surface area contributed by atoms with Crippen molar-refractivity contribution in [2.45, 2.75) is 49.8 Å². The number of hydrogen-bond donors (Lipinski definition) is 1. The third kappa shape index (κ3) is 5.70. The molecule has 0 atom stereocenters. The molecule has 152 valence electrons. The molecule has 0 unspecified atom stereocenters. The van der Waals surface area contributed by atoms with E-state index in [4.69, 9.17) is 15.5 Å². The summed E-state index contributed by atoms with van der Waals surface area (Å²) in [5.41, 5.74) is 5.87. The molecule has 0 radical (unpaired) electrons. The summed E-state index contributed by atoms with van der Waals surface area (Å²) in [7, 11) is 0. The SMILES string of the molecule is CCn1c(COCCOC(N)=O)nc(C(C)C)c1Sc1cccc([N+](=O)[O-])c1. The number of ether oxygens (including phenoxy) is 2. The van der Waals surface area contributed by atoms with Gasteiger partial charge in [-0.25, -0.2) is 9.78 Å². The van der Waals surface area contributed by atoms with Crippen LogP contribution in [0.25, 0.3) is 0 Å². The van der Waals surface area contributed by atoms with Gasteiger partial charge in [-0.3, -0.25) is 10.1 Å². The molecule has 0 saturated heterocycles. The average molecular weight is 408 g/mol. The molecule has 0 fully saturated rings. The van der Waals surface area contributed by atoms with Crippen molar-refractivity contribution in [3.05, 3.63) is 45.9 Å². The Balaban J connectivity index is 2.22. The van der Waals surface area contributed by atoms with Crippen molar-refractivity contribution in [3.63, 3.8) is 0 Å². The van der Waals surface area contributed by atoms with Gasteiger partial charge in [-0.15, -0.1) is 0 Å². The molecule has 0 aliphatic rings. The number of nitro groups is 1. The maximum Gasteiger partial charge on any atom is 0.404 e. The van der Waals surface area contributed by atoms with E-state index >= 15 is 0 Å². The van der Waals surface area contributed by atoms with Gasteiger partial charge in [-0.1, -0.05) is 31.7 Å². The van der Waals surface area contributed by atoms with Crippen molar-refractivity contribution in [1.29, 1.82) is 0 Å². The van der Waals surface area contributed by atoms with Crippen LogP contribution < -0.4 is 5.73 Å². The van der Waals surface area contributed by atoms with E-state index in [0.29, 0.717) is 6.54 Å². The number of nitrogens with two attached hydrogens (primary N) is 1. The van der Waals surface area contributed by atoms with Crippen molar-refractivity contribution in [2.24, 2.45) is 5.73 Å². The number of hydrogen-bond acceptors (Lipinski definition) is 7. The zero-order valence-corrected chi connectivity index (χ0v) is 16.9. The maximum atomic E-state index is 11.0. The van der Waals surface area contributed by atoms with Crippen LogP contribution in [-0.2, 0) is 22.6 Å². The molecule has 2 rings (SSSR count). The Labute approximate surface area is 167 Å². The molecule has 0 bridgehead atoms. The molecule has 0 saturated carbocycles. The zero-order chi connectivity index (χ0) is 20.7. The minimum atomic E-state index is -0.837.